The van der Waals surface area contributed by atoms with E-state index in [1.54, 1.807) is 18.2 Å². The van der Waals surface area contributed by atoms with Gasteiger partial charge in [-0.2, -0.15) is 8.42 Å². The monoisotopic (exact) mass is 369 g/mol. The van der Waals surface area contributed by atoms with Gasteiger partial charge in [-0.3, -0.25) is 4.79 Å². The summed E-state index contributed by atoms with van der Waals surface area (Å²) in [4.78, 5) is 14.7. The molecule has 0 bridgehead atoms. The number of carbonyl (C=O) groups is 1. The summed E-state index contributed by atoms with van der Waals surface area (Å²) in [6.45, 7) is 1.21. The summed E-state index contributed by atoms with van der Waals surface area (Å²) in [6, 6.07) is 16.3. The minimum atomic E-state index is -3.61. The second-order valence-corrected chi connectivity index (χ2v) is 8.08. The van der Waals surface area contributed by atoms with Crippen molar-refractivity contribution in [2.75, 3.05) is 18.4 Å². The molecule has 7 heteroatoms. The fourth-order valence-corrected chi connectivity index (χ4v) is 4.66. The first-order valence-electron chi connectivity index (χ1n) is 8.60. The van der Waals surface area contributed by atoms with Crippen LogP contribution in [0.25, 0.3) is 0 Å². The lowest BCUT2D eigenvalue weighted by Crippen LogP contribution is -2.41. The Kier molecular flexibility index (Phi) is 4.24. The van der Waals surface area contributed by atoms with Gasteiger partial charge < -0.3 is 10.2 Å². The fraction of sp³-hybridized carbons (Fsp3) is 0.263. The highest BCUT2D eigenvalue weighted by atomic mass is 32.2. The molecular formula is C19H19N3O3S. The van der Waals surface area contributed by atoms with Crippen LogP contribution in [-0.2, 0) is 14.8 Å². The van der Waals surface area contributed by atoms with Crippen molar-refractivity contribution in [3.05, 3.63) is 60.2 Å². The van der Waals surface area contributed by atoms with E-state index in [0.29, 0.717) is 37.3 Å². The van der Waals surface area contributed by atoms with Gasteiger partial charge in [0.1, 0.15) is 4.90 Å². The van der Waals surface area contributed by atoms with Gasteiger partial charge in [0.05, 0.1) is 0 Å². The molecule has 1 N–H and O–H groups in total. The Hall–Kier alpha value is -2.67. The number of amidine groups is 1. The van der Waals surface area contributed by atoms with Gasteiger partial charge in [-0.15, -0.1) is 4.40 Å². The van der Waals surface area contributed by atoms with Crippen LogP contribution in [0.4, 0.5) is 5.69 Å². The summed E-state index contributed by atoms with van der Waals surface area (Å²) >= 11 is 0. The SMILES string of the molecule is O=C(Nc1ccccc1)C1CCN(C2=NS(=O)(=O)c3ccccc32)CC1. The van der Waals surface area contributed by atoms with Crippen LogP contribution in [0.5, 0.6) is 0 Å². The molecule has 1 saturated heterocycles. The van der Waals surface area contributed by atoms with E-state index in [2.05, 4.69) is 9.71 Å². The molecule has 26 heavy (non-hydrogen) atoms. The minimum Gasteiger partial charge on any atom is -0.355 e. The molecule has 2 heterocycles. The zero-order chi connectivity index (χ0) is 18.1. The predicted octanol–water partition coefficient (Wildman–Crippen LogP) is 2.49. The van der Waals surface area contributed by atoms with Crippen LogP contribution in [0.1, 0.15) is 18.4 Å². The molecular weight excluding hydrogens is 350 g/mol. The molecule has 2 aromatic carbocycles. The van der Waals surface area contributed by atoms with Crippen LogP contribution < -0.4 is 5.32 Å². The van der Waals surface area contributed by atoms with E-state index in [1.165, 1.54) is 0 Å². The highest BCUT2D eigenvalue weighted by Gasteiger charge is 2.34. The van der Waals surface area contributed by atoms with Crippen molar-refractivity contribution in [2.24, 2.45) is 10.3 Å². The van der Waals surface area contributed by atoms with E-state index in [1.807, 2.05) is 41.3 Å². The zero-order valence-corrected chi connectivity index (χ0v) is 14.9. The predicted molar refractivity (Wildman–Crippen MR) is 99.5 cm³/mol. The number of amides is 1. The van der Waals surface area contributed by atoms with Crippen LogP contribution in [0.15, 0.2) is 63.9 Å². The van der Waals surface area contributed by atoms with Gasteiger partial charge in [-0.1, -0.05) is 30.3 Å². The Balaban J connectivity index is 1.44. The van der Waals surface area contributed by atoms with Crippen LogP contribution in [0.2, 0.25) is 0 Å². The number of nitrogens with zero attached hydrogens (tertiary/aromatic N) is 2. The third-order valence-electron chi connectivity index (χ3n) is 4.82. The van der Waals surface area contributed by atoms with Crippen molar-refractivity contribution in [1.82, 2.24) is 4.90 Å². The molecule has 0 spiro atoms. The average Bonchev–Trinajstić information content (AvgIpc) is 2.94. The van der Waals surface area contributed by atoms with Crippen LogP contribution >= 0.6 is 0 Å². The smallest absolute Gasteiger partial charge is 0.285 e. The number of anilines is 1. The summed E-state index contributed by atoms with van der Waals surface area (Å²) in [5.41, 5.74) is 1.44. The fourth-order valence-electron chi connectivity index (χ4n) is 3.44. The molecule has 0 atom stereocenters. The van der Waals surface area contributed by atoms with Crippen molar-refractivity contribution in [3.8, 4) is 0 Å². The maximum absolute atomic E-state index is 12.4. The van der Waals surface area contributed by atoms with Crippen molar-refractivity contribution in [3.63, 3.8) is 0 Å². The third kappa shape index (κ3) is 3.10. The summed E-state index contributed by atoms with van der Waals surface area (Å²) in [5.74, 6) is 0.431. The lowest BCUT2D eigenvalue weighted by molar-refractivity contribution is -0.120. The molecule has 0 aromatic heterocycles. The van der Waals surface area contributed by atoms with Gasteiger partial charge in [0.2, 0.25) is 5.91 Å². The number of nitrogens with one attached hydrogen (secondary N) is 1. The summed E-state index contributed by atoms with van der Waals surface area (Å²) in [6.07, 6.45) is 1.33. The van der Waals surface area contributed by atoms with Crippen LogP contribution in [0, 0.1) is 5.92 Å². The molecule has 6 nitrogen and oxygen atoms in total. The number of fused-ring (bicyclic) bond motifs is 1. The second-order valence-electron chi connectivity index (χ2n) is 6.50. The average molecular weight is 369 g/mol. The van der Waals surface area contributed by atoms with Crippen LogP contribution in [0.3, 0.4) is 0 Å². The molecule has 0 unspecified atom stereocenters. The van der Waals surface area contributed by atoms with Gasteiger partial charge in [0, 0.05) is 30.3 Å². The van der Waals surface area contributed by atoms with Crippen molar-refractivity contribution < 1.29 is 13.2 Å². The van der Waals surface area contributed by atoms with Crippen molar-refractivity contribution in [2.45, 2.75) is 17.7 Å². The number of piperidine rings is 1. The molecule has 134 valence electrons. The zero-order valence-electron chi connectivity index (χ0n) is 14.1. The number of rotatable bonds is 2. The van der Waals surface area contributed by atoms with E-state index in [0.717, 1.165) is 5.69 Å². The lowest BCUT2D eigenvalue weighted by Gasteiger charge is -2.32. The van der Waals surface area contributed by atoms with Crippen molar-refractivity contribution in [1.29, 1.82) is 0 Å². The topological polar surface area (TPSA) is 78.8 Å². The minimum absolute atomic E-state index is 0.0113. The normalized spacial score (nSPS) is 18.9. The van der Waals surface area contributed by atoms with E-state index in [9.17, 15) is 13.2 Å². The van der Waals surface area contributed by atoms with E-state index in [4.69, 9.17) is 0 Å². The van der Waals surface area contributed by atoms with E-state index >= 15 is 0 Å². The number of sulfonamides is 1. The molecule has 2 aromatic rings. The largest absolute Gasteiger partial charge is 0.355 e. The Morgan fingerprint density at radius 3 is 2.38 bits per heavy atom. The highest BCUT2D eigenvalue weighted by molar-refractivity contribution is 7.90. The molecule has 1 fully saturated rings. The molecule has 1 amide bonds. The summed E-state index contributed by atoms with van der Waals surface area (Å²) in [7, 11) is -3.61. The Morgan fingerprint density at radius 2 is 1.65 bits per heavy atom. The van der Waals surface area contributed by atoms with Crippen LogP contribution in [-0.4, -0.2) is 38.2 Å². The number of para-hydroxylation sites is 1. The van der Waals surface area contributed by atoms with E-state index < -0.39 is 10.0 Å². The quantitative estimate of drug-likeness (QED) is 0.882. The van der Waals surface area contributed by atoms with Gasteiger partial charge in [0.15, 0.2) is 5.84 Å². The van der Waals surface area contributed by atoms with Gasteiger partial charge in [0.25, 0.3) is 10.0 Å². The number of carbonyl (C=O) groups excluding carboxylic acids is 1. The molecule has 0 aliphatic carbocycles. The second kappa shape index (κ2) is 6.57. The number of hydrogen-bond acceptors (Lipinski definition) is 4. The molecule has 2 aliphatic rings. The first kappa shape index (κ1) is 16.8. The Morgan fingerprint density at radius 1 is 1.00 bits per heavy atom. The highest BCUT2D eigenvalue weighted by Crippen LogP contribution is 2.29. The number of hydrogen-bond donors (Lipinski definition) is 1. The standard InChI is InChI=1S/C19H19N3O3S/c23-19(20-15-6-2-1-3-7-15)14-10-12-22(13-11-14)18-16-8-4-5-9-17(16)26(24,25)21-18/h1-9,14H,10-13H2,(H,20,23). The van der Waals surface area contributed by atoms with Gasteiger partial charge in [-0.25, -0.2) is 0 Å². The molecule has 0 saturated carbocycles. The van der Waals surface area contributed by atoms with Gasteiger partial charge >= 0.3 is 0 Å². The Labute approximate surface area is 152 Å². The first-order chi connectivity index (χ1) is 12.5. The lowest BCUT2D eigenvalue weighted by atomic mass is 9.95. The van der Waals surface area contributed by atoms with Gasteiger partial charge in [-0.05, 0) is 37.1 Å². The van der Waals surface area contributed by atoms with E-state index in [-0.39, 0.29) is 16.7 Å². The van der Waals surface area contributed by atoms with Crippen molar-refractivity contribution >= 4 is 27.5 Å². The maximum atomic E-state index is 12.4. The summed E-state index contributed by atoms with van der Waals surface area (Å²) in [5, 5.41) is 2.94. The molecule has 0 radical (unpaired) electrons. The summed E-state index contributed by atoms with van der Waals surface area (Å²) < 4.78 is 28.4. The maximum Gasteiger partial charge on any atom is 0.285 e. The third-order valence-corrected chi connectivity index (χ3v) is 6.14. The number of likely N-dealkylation sites (tertiary alicyclic amines) is 1. The molecule has 2 aliphatic heterocycles. The first-order valence-corrected chi connectivity index (χ1v) is 10.0. The number of benzene rings is 2. The molecule has 4 rings (SSSR count). The Bertz CT molecular complexity index is 963.